The molecule has 80 valence electrons. The second kappa shape index (κ2) is 4.02. The lowest BCUT2D eigenvalue weighted by Crippen LogP contribution is -1.99. The van der Waals surface area contributed by atoms with Crippen molar-refractivity contribution in [3.05, 3.63) is 48.2 Å². The number of rotatable bonds is 2. The van der Waals surface area contributed by atoms with Gasteiger partial charge in [0.25, 0.3) is 0 Å². The number of nitrogen functional groups attached to an aromatic ring is 1. The highest BCUT2D eigenvalue weighted by molar-refractivity contribution is 5.95. The summed E-state index contributed by atoms with van der Waals surface area (Å²) in [7, 11) is 0. The van der Waals surface area contributed by atoms with Crippen LogP contribution in [0.1, 0.15) is 10.4 Å². The molecule has 0 saturated carbocycles. The first-order valence-corrected chi connectivity index (χ1v) is 4.72. The maximum absolute atomic E-state index is 11.0. The number of nitrogens with zero attached hydrogens (tertiary/aromatic N) is 1. The molecule has 0 bridgehead atoms. The minimum Gasteiger partial charge on any atom is -0.478 e. The van der Waals surface area contributed by atoms with E-state index < -0.39 is 5.97 Å². The lowest BCUT2D eigenvalue weighted by molar-refractivity contribution is 0.0698. The molecule has 1 aromatic heterocycles. The van der Waals surface area contributed by atoms with Crippen LogP contribution in [0.2, 0.25) is 0 Å². The molecule has 0 atom stereocenters. The zero-order valence-corrected chi connectivity index (χ0v) is 8.42. The number of aromatic carboxylic acids is 1. The van der Waals surface area contributed by atoms with Crippen LogP contribution in [-0.2, 0) is 0 Å². The van der Waals surface area contributed by atoms with Crippen molar-refractivity contribution in [1.82, 2.24) is 4.98 Å². The van der Waals surface area contributed by atoms with Gasteiger partial charge < -0.3 is 10.8 Å². The lowest BCUT2D eigenvalue weighted by Gasteiger charge is -2.05. The van der Waals surface area contributed by atoms with Gasteiger partial charge in [-0.15, -0.1) is 0 Å². The summed E-state index contributed by atoms with van der Waals surface area (Å²) < 4.78 is 0. The summed E-state index contributed by atoms with van der Waals surface area (Å²) in [5.74, 6) is -0.538. The summed E-state index contributed by atoms with van der Waals surface area (Å²) >= 11 is 0. The number of carboxylic acids is 1. The third kappa shape index (κ3) is 1.86. The summed E-state index contributed by atoms with van der Waals surface area (Å²) in [6.45, 7) is 0. The minimum atomic E-state index is -0.951. The van der Waals surface area contributed by atoms with Crippen LogP contribution in [0.15, 0.2) is 42.6 Å². The number of carbonyl (C=O) groups is 1. The van der Waals surface area contributed by atoms with Gasteiger partial charge in [-0.05, 0) is 23.8 Å². The number of pyridine rings is 1. The molecule has 16 heavy (non-hydrogen) atoms. The summed E-state index contributed by atoms with van der Waals surface area (Å²) in [6.07, 6.45) is 1.57. The van der Waals surface area contributed by atoms with Crippen LogP contribution in [0.5, 0.6) is 0 Å². The standard InChI is InChI=1S/C12H10N2O2/c13-11-6-5-8(7-14-11)9-3-1-2-4-10(9)12(15)16/h1-7H,(H2,13,14)(H,15,16). The zero-order chi connectivity index (χ0) is 11.5. The van der Waals surface area contributed by atoms with E-state index in [2.05, 4.69) is 4.98 Å². The van der Waals surface area contributed by atoms with Gasteiger partial charge in [-0.3, -0.25) is 0 Å². The molecule has 0 radical (unpaired) electrons. The van der Waals surface area contributed by atoms with Gasteiger partial charge in [0.05, 0.1) is 5.56 Å². The van der Waals surface area contributed by atoms with Crippen LogP contribution in [0.4, 0.5) is 5.82 Å². The molecule has 4 nitrogen and oxygen atoms in total. The molecule has 2 rings (SSSR count). The largest absolute Gasteiger partial charge is 0.478 e. The van der Waals surface area contributed by atoms with Gasteiger partial charge in [0.15, 0.2) is 0 Å². The predicted molar refractivity (Wildman–Crippen MR) is 61.0 cm³/mol. The fourth-order valence-electron chi connectivity index (χ4n) is 1.49. The van der Waals surface area contributed by atoms with Gasteiger partial charge in [-0.25, -0.2) is 9.78 Å². The van der Waals surface area contributed by atoms with E-state index in [1.165, 1.54) is 0 Å². The number of anilines is 1. The van der Waals surface area contributed by atoms with Crippen LogP contribution in [0.25, 0.3) is 11.1 Å². The Kier molecular flexibility index (Phi) is 2.55. The first-order chi connectivity index (χ1) is 7.68. The third-order valence-electron chi connectivity index (χ3n) is 2.25. The fraction of sp³-hybridized carbons (Fsp3) is 0. The lowest BCUT2D eigenvalue weighted by atomic mass is 10.0. The first-order valence-electron chi connectivity index (χ1n) is 4.72. The molecule has 4 heteroatoms. The Morgan fingerprint density at radius 1 is 1.19 bits per heavy atom. The second-order valence-electron chi connectivity index (χ2n) is 3.32. The van der Waals surface area contributed by atoms with E-state index in [9.17, 15) is 4.79 Å². The quantitative estimate of drug-likeness (QED) is 0.801. The molecule has 1 heterocycles. The Hall–Kier alpha value is -2.36. The fourth-order valence-corrected chi connectivity index (χ4v) is 1.49. The SMILES string of the molecule is Nc1ccc(-c2ccccc2C(=O)O)cn1. The summed E-state index contributed by atoms with van der Waals surface area (Å²) in [5, 5.41) is 9.04. The van der Waals surface area contributed by atoms with E-state index in [0.717, 1.165) is 5.56 Å². The number of hydrogen-bond acceptors (Lipinski definition) is 3. The molecular weight excluding hydrogens is 204 g/mol. The normalized spacial score (nSPS) is 10.0. The maximum atomic E-state index is 11.0. The summed E-state index contributed by atoms with van der Waals surface area (Å²) in [6, 6.07) is 10.2. The molecule has 0 fully saturated rings. The Morgan fingerprint density at radius 3 is 2.56 bits per heavy atom. The van der Waals surface area contributed by atoms with E-state index in [-0.39, 0.29) is 5.56 Å². The van der Waals surface area contributed by atoms with E-state index in [1.54, 1.807) is 42.6 Å². The highest BCUT2D eigenvalue weighted by Gasteiger charge is 2.10. The van der Waals surface area contributed by atoms with Gasteiger partial charge >= 0.3 is 5.97 Å². The molecule has 0 amide bonds. The highest BCUT2D eigenvalue weighted by atomic mass is 16.4. The average molecular weight is 214 g/mol. The van der Waals surface area contributed by atoms with Crippen molar-refractivity contribution in [2.24, 2.45) is 0 Å². The van der Waals surface area contributed by atoms with Crippen LogP contribution >= 0.6 is 0 Å². The number of carboxylic acid groups (broad SMARTS) is 1. The molecular formula is C12H10N2O2. The monoisotopic (exact) mass is 214 g/mol. The molecule has 2 aromatic rings. The Balaban J connectivity index is 2.55. The van der Waals surface area contributed by atoms with Gasteiger partial charge in [0, 0.05) is 11.8 Å². The molecule has 0 aliphatic rings. The number of hydrogen-bond donors (Lipinski definition) is 2. The van der Waals surface area contributed by atoms with Crippen LogP contribution in [0.3, 0.4) is 0 Å². The molecule has 0 unspecified atom stereocenters. The Morgan fingerprint density at radius 2 is 1.94 bits per heavy atom. The number of benzene rings is 1. The minimum absolute atomic E-state index is 0.258. The van der Waals surface area contributed by atoms with Crippen LogP contribution in [-0.4, -0.2) is 16.1 Å². The van der Waals surface area contributed by atoms with Crippen molar-refractivity contribution in [3.8, 4) is 11.1 Å². The van der Waals surface area contributed by atoms with Gasteiger partial charge in [0.1, 0.15) is 5.82 Å². The first kappa shape index (κ1) is 10.2. The van der Waals surface area contributed by atoms with E-state index >= 15 is 0 Å². The average Bonchev–Trinajstić information content (AvgIpc) is 2.30. The van der Waals surface area contributed by atoms with Crippen LogP contribution < -0.4 is 5.73 Å². The molecule has 0 spiro atoms. The van der Waals surface area contributed by atoms with Gasteiger partial charge in [-0.2, -0.15) is 0 Å². The number of aromatic nitrogens is 1. The van der Waals surface area contributed by atoms with Crippen molar-refractivity contribution >= 4 is 11.8 Å². The van der Waals surface area contributed by atoms with Crippen molar-refractivity contribution in [1.29, 1.82) is 0 Å². The highest BCUT2D eigenvalue weighted by Crippen LogP contribution is 2.23. The van der Waals surface area contributed by atoms with Crippen molar-refractivity contribution < 1.29 is 9.90 Å². The topological polar surface area (TPSA) is 76.2 Å². The van der Waals surface area contributed by atoms with Crippen molar-refractivity contribution in [2.75, 3.05) is 5.73 Å². The predicted octanol–water partition coefficient (Wildman–Crippen LogP) is 2.03. The number of nitrogens with two attached hydrogens (primary N) is 1. The van der Waals surface area contributed by atoms with Gasteiger partial charge in [-0.1, -0.05) is 18.2 Å². The zero-order valence-electron chi connectivity index (χ0n) is 8.42. The summed E-state index contributed by atoms with van der Waals surface area (Å²) in [5.41, 5.74) is 7.12. The molecule has 0 saturated heterocycles. The maximum Gasteiger partial charge on any atom is 0.336 e. The Labute approximate surface area is 92.4 Å². The van der Waals surface area contributed by atoms with E-state index in [1.807, 2.05) is 0 Å². The van der Waals surface area contributed by atoms with Crippen molar-refractivity contribution in [2.45, 2.75) is 0 Å². The smallest absolute Gasteiger partial charge is 0.336 e. The molecule has 1 aromatic carbocycles. The van der Waals surface area contributed by atoms with Crippen LogP contribution in [0, 0.1) is 0 Å². The van der Waals surface area contributed by atoms with E-state index in [0.29, 0.717) is 11.4 Å². The molecule has 3 N–H and O–H groups in total. The van der Waals surface area contributed by atoms with E-state index in [4.69, 9.17) is 10.8 Å². The molecule has 0 aliphatic heterocycles. The van der Waals surface area contributed by atoms with Crippen molar-refractivity contribution in [3.63, 3.8) is 0 Å². The Bertz CT molecular complexity index is 521. The van der Waals surface area contributed by atoms with Gasteiger partial charge in [0.2, 0.25) is 0 Å². The third-order valence-corrected chi connectivity index (χ3v) is 2.25. The second-order valence-corrected chi connectivity index (χ2v) is 3.32. The molecule has 0 aliphatic carbocycles. The summed E-state index contributed by atoms with van der Waals surface area (Å²) in [4.78, 5) is 15.0.